The molecule has 0 spiro atoms. The van der Waals surface area contributed by atoms with Gasteiger partial charge in [0, 0.05) is 5.56 Å². The van der Waals surface area contributed by atoms with E-state index in [4.69, 9.17) is 4.74 Å². The van der Waals surface area contributed by atoms with Gasteiger partial charge in [-0.3, -0.25) is 0 Å². The molecule has 1 aromatic carbocycles. The van der Waals surface area contributed by atoms with Crippen LogP contribution in [0.15, 0.2) is 24.3 Å². The van der Waals surface area contributed by atoms with Crippen molar-refractivity contribution in [1.82, 2.24) is 20.6 Å². The first-order chi connectivity index (χ1) is 7.92. The molecule has 1 heterocycles. The van der Waals surface area contributed by atoms with Gasteiger partial charge < -0.3 is 4.74 Å². The average molecular weight is 216 g/mol. The Morgan fingerprint density at radius 2 is 2.06 bits per heavy atom. The molecule has 1 saturated carbocycles. The van der Waals surface area contributed by atoms with Crippen molar-refractivity contribution in [3.8, 4) is 17.1 Å². The van der Waals surface area contributed by atoms with Crippen molar-refractivity contribution in [3.63, 3.8) is 0 Å². The maximum atomic E-state index is 5.64. The summed E-state index contributed by atoms with van der Waals surface area (Å²) >= 11 is 0. The summed E-state index contributed by atoms with van der Waals surface area (Å²) in [6, 6.07) is 7.75. The van der Waals surface area contributed by atoms with E-state index in [0.29, 0.717) is 5.82 Å². The number of nitrogens with zero attached hydrogens (tertiary/aromatic N) is 3. The Morgan fingerprint density at radius 1 is 1.25 bits per heavy atom. The monoisotopic (exact) mass is 216 g/mol. The van der Waals surface area contributed by atoms with Crippen molar-refractivity contribution in [2.24, 2.45) is 5.92 Å². The first-order valence-corrected chi connectivity index (χ1v) is 5.38. The zero-order valence-electron chi connectivity index (χ0n) is 8.76. The fourth-order valence-corrected chi connectivity index (χ4v) is 1.48. The molecule has 2 aromatic rings. The normalized spacial score (nSPS) is 15.0. The van der Waals surface area contributed by atoms with Crippen LogP contribution in [0.5, 0.6) is 5.75 Å². The van der Waals surface area contributed by atoms with E-state index in [-0.39, 0.29) is 0 Å². The maximum absolute atomic E-state index is 5.64. The summed E-state index contributed by atoms with van der Waals surface area (Å²) in [5.41, 5.74) is 0.938. The van der Waals surface area contributed by atoms with Crippen LogP contribution < -0.4 is 4.74 Å². The second-order valence-corrected chi connectivity index (χ2v) is 4.01. The second-order valence-electron chi connectivity index (χ2n) is 4.01. The molecule has 1 aliphatic carbocycles. The van der Waals surface area contributed by atoms with E-state index in [0.717, 1.165) is 23.8 Å². The van der Waals surface area contributed by atoms with Gasteiger partial charge >= 0.3 is 0 Å². The third-order valence-electron chi connectivity index (χ3n) is 2.64. The number of nitrogens with one attached hydrogen (secondary N) is 1. The van der Waals surface area contributed by atoms with Crippen LogP contribution in [-0.2, 0) is 0 Å². The lowest BCUT2D eigenvalue weighted by Gasteiger charge is -2.04. The van der Waals surface area contributed by atoms with Crippen LogP contribution in [0.4, 0.5) is 0 Å². The fraction of sp³-hybridized carbons (Fsp3) is 0.364. The van der Waals surface area contributed by atoms with Gasteiger partial charge in [-0.1, -0.05) is 0 Å². The molecule has 0 atom stereocenters. The predicted octanol–water partition coefficient (Wildman–Crippen LogP) is 1.66. The molecule has 5 heteroatoms. The van der Waals surface area contributed by atoms with E-state index in [1.807, 2.05) is 24.3 Å². The minimum absolute atomic E-state index is 0.605. The minimum atomic E-state index is 0.605. The van der Waals surface area contributed by atoms with Gasteiger partial charge in [0.15, 0.2) is 0 Å². The topological polar surface area (TPSA) is 63.7 Å². The van der Waals surface area contributed by atoms with Crippen LogP contribution in [0, 0.1) is 5.92 Å². The summed E-state index contributed by atoms with van der Waals surface area (Å²) < 4.78 is 5.64. The molecule has 0 bridgehead atoms. The molecule has 1 aliphatic rings. The van der Waals surface area contributed by atoms with E-state index >= 15 is 0 Å². The molecule has 0 amide bonds. The van der Waals surface area contributed by atoms with E-state index in [1.165, 1.54) is 12.8 Å². The molecule has 5 nitrogen and oxygen atoms in total. The summed E-state index contributed by atoms with van der Waals surface area (Å²) in [5, 5.41) is 13.8. The van der Waals surface area contributed by atoms with Crippen molar-refractivity contribution in [2.45, 2.75) is 12.8 Å². The van der Waals surface area contributed by atoms with Crippen molar-refractivity contribution < 1.29 is 4.74 Å². The molecule has 82 valence electrons. The van der Waals surface area contributed by atoms with Crippen LogP contribution in [-0.4, -0.2) is 27.2 Å². The van der Waals surface area contributed by atoms with Gasteiger partial charge in [-0.05, 0) is 48.2 Å². The number of H-pyrrole nitrogens is 1. The molecule has 0 unspecified atom stereocenters. The van der Waals surface area contributed by atoms with Gasteiger partial charge in [0.2, 0.25) is 5.82 Å². The van der Waals surface area contributed by atoms with Gasteiger partial charge in [-0.25, -0.2) is 0 Å². The summed E-state index contributed by atoms with van der Waals surface area (Å²) in [6.45, 7) is 0.835. The van der Waals surface area contributed by atoms with Crippen LogP contribution in [0.3, 0.4) is 0 Å². The fourth-order valence-electron chi connectivity index (χ4n) is 1.48. The highest BCUT2D eigenvalue weighted by Crippen LogP contribution is 2.29. The number of hydrogen-bond acceptors (Lipinski definition) is 4. The zero-order chi connectivity index (χ0) is 10.8. The van der Waals surface area contributed by atoms with Crippen molar-refractivity contribution in [2.75, 3.05) is 6.61 Å². The molecule has 3 rings (SSSR count). The molecule has 1 aromatic heterocycles. The van der Waals surface area contributed by atoms with Crippen molar-refractivity contribution in [3.05, 3.63) is 24.3 Å². The quantitative estimate of drug-likeness (QED) is 0.844. The van der Waals surface area contributed by atoms with Crippen molar-refractivity contribution in [1.29, 1.82) is 0 Å². The highest BCUT2D eigenvalue weighted by atomic mass is 16.5. The van der Waals surface area contributed by atoms with E-state index < -0.39 is 0 Å². The Kier molecular flexibility index (Phi) is 2.29. The predicted molar refractivity (Wildman–Crippen MR) is 57.8 cm³/mol. The standard InChI is InChI=1S/C11H12N4O/c1-2-8(1)7-16-10-5-3-9(4-6-10)11-12-14-15-13-11/h3-6,8H,1-2,7H2,(H,12,13,14,15). The van der Waals surface area contributed by atoms with Gasteiger partial charge in [0.1, 0.15) is 5.75 Å². The Bertz CT molecular complexity index is 447. The highest BCUT2D eigenvalue weighted by molar-refractivity contribution is 5.54. The maximum Gasteiger partial charge on any atom is 0.204 e. The highest BCUT2D eigenvalue weighted by Gasteiger charge is 2.21. The van der Waals surface area contributed by atoms with Gasteiger partial charge in [0.05, 0.1) is 6.61 Å². The Balaban J connectivity index is 1.69. The van der Waals surface area contributed by atoms with Crippen molar-refractivity contribution >= 4 is 0 Å². The molecule has 0 aliphatic heterocycles. The molecule has 1 N–H and O–H groups in total. The van der Waals surface area contributed by atoms with E-state index in [2.05, 4.69) is 20.6 Å². The van der Waals surface area contributed by atoms with E-state index in [1.54, 1.807) is 0 Å². The zero-order valence-corrected chi connectivity index (χ0v) is 8.76. The molecular formula is C11H12N4O. The Morgan fingerprint density at radius 3 is 2.69 bits per heavy atom. The van der Waals surface area contributed by atoms with Gasteiger partial charge in [-0.2, -0.15) is 5.21 Å². The molecule has 16 heavy (non-hydrogen) atoms. The van der Waals surface area contributed by atoms with E-state index in [9.17, 15) is 0 Å². The smallest absolute Gasteiger partial charge is 0.204 e. The second kappa shape index (κ2) is 3.92. The minimum Gasteiger partial charge on any atom is -0.493 e. The molecule has 0 saturated heterocycles. The average Bonchev–Trinajstić information content (AvgIpc) is 3.00. The third kappa shape index (κ3) is 2.03. The summed E-state index contributed by atoms with van der Waals surface area (Å²) in [4.78, 5) is 0. The van der Waals surface area contributed by atoms with Gasteiger partial charge in [-0.15, -0.1) is 10.2 Å². The number of tetrazole rings is 1. The van der Waals surface area contributed by atoms with Crippen LogP contribution in [0.2, 0.25) is 0 Å². The number of ether oxygens (including phenoxy) is 1. The summed E-state index contributed by atoms with van der Waals surface area (Å²) in [7, 11) is 0. The van der Waals surface area contributed by atoms with Crippen LogP contribution in [0.1, 0.15) is 12.8 Å². The first kappa shape index (κ1) is 9.33. The lowest BCUT2D eigenvalue weighted by Crippen LogP contribution is -1.98. The third-order valence-corrected chi connectivity index (χ3v) is 2.64. The SMILES string of the molecule is c1cc(-c2nn[nH]n2)ccc1OCC1CC1. The Hall–Kier alpha value is -1.91. The molecular weight excluding hydrogens is 204 g/mol. The number of benzene rings is 1. The Labute approximate surface area is 92.8 Å². The number of aromatic nitrogens is 4. The summed E-state index contributed by atoms with van der Waals surface area (Å²) in [6.07, 6.45) is 2.61. The number of aromatic amines is 1. The van der Waals surface area contributed by atoms with Crippen LogP contribution >= 0.6 is 0 Å². The number of rotatable bonds is 4. The largest absolute Gasteiger partial charge is 0.493 e. The molecule has 0 radical (unpaired) electrons. The lowest BCUT2D eigenvalue weighted by atomic mass is 10.2. The molecule has 1 fully saturated rings. The van der Waals surface area contributed by atoms with Gasteiger partial charge in [0.25, 0.3) is 0 Å². The first-order valence-electron chi connectivity index (χ1n) is 5.38. The van der Waals surface area contributed by atoms with Crippen LogP contribution in [0.25, 0.3) is 11.4 Å². The lowest BCUT2D eigenvalue weighted by molar-refractivity contribution is 0.300. The summed E-state index contributed by atoms with van der Waals surface area (Å²) in [5.74, 6) is 2.28. The number of hydrogen-bond donors (Lipinski definition) is 1.